The lowest BCUT2D eigenvalue weighted by molar-refractivity contribution is -0.138. The highest BCUT2D eigenvalue weighted by Gasteiger charge is 2.40. The van der Waals surface area contributed by atoms with E-state index in [1.165, 1.54) is 0 Å². The largest absolute Gasteiger partial charge is 0.495 e. The maximum atomic E-state index is 15.0. The molecule has 0 unspecified atom stereocenters. The van der Waals surface area contributed by atoms with Gasteiger partial charge in [0, 0.05) is 32.7 Å². The molecular weight excluding hydrogens is 536 g/mol. The van der Waals surface area contributed by atoms with E-state index in [0.29, 0.717) is 14.2 Å². The Kier molecular flexibility index (Phi) is 6.12. The molecule has 0 bridgehead atoms. The van der Waals surface area contributed by atoms with Gasteiger partial charge in [-0.1, -0.05) is 0 Å². The molecular formula is C23H8F12O2. The van der Waals surface area contributed by atoms with Crippen LogP contribution >= 0.6 is 0 Å². The van der Waals surface area contributed by atoms with Crippen LogP contribution in [0.5, 0.6) is 11.5 Å². The molecule has 4 aromatic rings. The summed E-state index contributed by atoms with van der Waals surface area (Å²) in [6.07, 6.45) is -5.50. The molecule has 2 nitrogen and oxygen atoms in total. The maximum absolute atomic E-state index is 15.0. The molecule has 37 heavy (non-hydrogen) atoms. The second kappa shape index (κ2) is 8.63. The van der Waals surface area contributed by atoms with E-state index in [9.17, 15) is 43.9 Å². The Hall–Kier alpha value is -3.84. The van der Waals surface area contributed by atoms with Gasteiger partial charge in [-0.3, -0.25) is 0 Å². The summed E-state index contributed by atoms with van der Waals surface area (Å²) in [5.41, 5.74) is -4.94. The number of methoxy groups -OCH3 is 2. The number of halogens is 12. The zero-order chi connectivity index (χ0) is 27.7. The lowest BCUT2D eigenvalue weighted by atomic mass is 9.88. The third-order valence-electron chi connectivity index (χ3n) is 5.55. The summed E-state index contributed by atoms with van der Waals surface area (Å²) in [4.78, 5) is 0. The smallest absolute Gasteiger partial charge is 0.420 e. The van der Waals surface area contributed by atoms with Crippen LogP contribution in [-0.4, -0.2) is 14.2 Å². The Bertz CT molecular complexity index is 1630. The highest BCUT2D eigenvalue weighted by molar-refractivity contribution is 6.11. The van der Waals surface area contributed by atoms with Crippen molar-refractivity contribution in [2.24, 2.45) is 0 Å². The number of rotatable bonds is 3. The SMILES string of the molecule is COc1c(F)cc2c(F)c(F)c(F)c(F)c2c1-c1c(OC)c(C(F)(F)F)cc2c(F)c(F)c(F)c(F)c12. The topological polar surface area (TPSA) is 18.5 Å². The van der Waals surface area contributed by atoms with Gasteiger partial charge < -0.3 is 9.47 Å². The van der Waals surface area contributed by atoms with Crippen LogP contribution in [0.1, 0.15) is 5.56 Å². The Morgan fingerprint density at radius 3 is 1.30 bits per heavy atom. The fourth-order valence-corrected chi connectivity index (χ4v) is 4.04. The Morgan fingerprint density at radius 2 is 0.892 bits per heavy atom. The van der Waals surface area contributed by atoms with Crippen LogP contribution in [0.15, 0.2) is 12.1 Å². The molecule has 0 spiro atoms. The van der Waals surface area contributed by atoms with Gasteiger partial charge in [-0.25, -0.2) is 39.5 Å². The van der Waals surface area contributed by atoms with Crippen molar-refractivity contribution in [3.05, 3.63) is 70.1 Å². The molecule has 14 heteroatoms. The van der Waals surface area contributed by atoms with Gasteiger partial charge in [-0.05, 0) is 12.1 Å². The van der Waals surface area contributed by atoms with Gasteiger partial charge in [-0.15, -0.1) is 0 Å². The summed E-state index contributed by atoms with van der Waals surface area (Å²) in [6.45, 7) is 0. The molecule has 0 aliphatic rings. The van der Waals surface area contributed by atoms with Crippen LogP contribution in [0.2, 0.25) is 0 Å². The number of hydrogen-bond donors (Lipinski definition) is 0. The van der Waals surface area contributed by atoms with E-state index in [4.69, 9.17) is 4.74 Å². The van der Waals surface area contributed by atoms with Gasteiger partial charge in [0.2, 0.25) is 0 Å². The molecule has 0 amide bonds. The number of hydrogen-bond acceptors (Lipinski definition) is 2. The lowest BCUT2D eigenvalue weighted by Gasteiger charge is -2.22. The van der Waals surface area contributed by atoms with Crippen molar-refractivity contribution in [2.45, 2.75) is 6.18 Å². The first-order chi connectivity index (χ1) is 17.2. The maximum Gasteiger partial charge on any atom is 0.420 e. The summed E-state index contributed by atoms with van der Waals surface area (Å²) in [5, 5.41) is -6.04. The van der Waals surface area contributed by atoms with Crippen molar-refractivity contribution in [2.75, 3.05) is 14.2 Å². The normalized spacial score (nSPS) is 12.1. The zero-order valence-electron chi connectivity index (χ0n) is 18.0. The van der Waals surface area contributed by atoms with Gasteiger partial charge in [0.15, 0.2) is 58.1 Å². The zero-order valence-corrected chi connectivity index (χ0v) is 18.0. The minimum absolute atomic E-state index is 0.0953. The van der Waals surface area contributed by atoms with E-state index in [1.807, 2.05) is 0 Å². The summed E-state index contributed by atoms with van der Waals surface area (Å²) in [7, 11) is 1.20. The van der Waals surface area contributed by atoms with Crippen LogP contribution in [0.3, 0.4) is 0 Å². The Morgan fingerprint density at radius 1 is 0.514 bits per heavy atom. The van der Waals surface area contributed by atoms with Gasteiger partial charge in [-0.2, -0.15) is 13.2 Å². The third-order valence-corrected chi connectivity index (χ3v) is 5.55. The van der Waals surface area contributed by atoms with E-state index in [-0.39, 0.29) is 12.1 Å². The van der Waals surface area contributed by atoms with Crippen LogP contribution in [0.25, 0.3) is 32.7 Å². The van der Waals surface area contributed by atoms with E-state index < -0.39 is 108 Å². The molecule has 0 saturated carbocycles. The molecule has 4 aromatic carbocycles. The molecule has 0 N–H and O–H groups in total. The predicted molar refractivity (Wildman–Crippen MR) is 105 cm³/mol. The van der Waals surface area contributed by atoms with Crippen molar-refractivity contribution in [1.29, 1.82) is 0 Å². The van der Waals surface area contributed by atoms with Crippen molar-refractivity contribution in [3.8, 4) is 22.6 Å². The quantitative estimate of drug-likeness (QED) is 0.148. The molecule has 0 fully saturated rings. The number of ether oxygens (including phenoxy) is 2. The monoisotopic (exact) mass is 544 g/mol. The molecule has 0 radical (unpaired) electrons. The minimum atomic E-state index is -5.50. The van der Waals surface area contributed by atoms with Crippen LogP contribution in [0.4, 0.5) is 52.7 Å². The average Bonchev–Trinajstić information content (AvgIpc) is 2.85. The molecule has 0 heterocycles. The molecule has 196 valence electrons. The van der Waals surface area contributed by atoms with Crippen LogP contribution in [0, 0.1) is 52.4 Å². The molecule has 0 aliphatic carbocycles. The van der Waals surface area contributed by atoms with Gasteiger partial charge in [0.1, 0.15) is 5.75 Å². The fraction of sp³-hybridized carbons (Fsp3) is 0.130. The van der Waals surface area contributed by atoms with Crippen molar-refractivity contribution < 1.29 is 62.2 Å². The highest BCUT2D eigenvalue weighted by Crippen LogP contribution is 2.53. The first kappa shape index (κ1) is 26.2. The van der Waals surface area contributed by atoms with Gasteiger partial charge >= 0.3 is 6.18 Å². The number of benzene rings is 4. The Labute approximate surface area is 197 Å². The van der Waals surface area contributed by atoms with Crippen LogP contribution in [-0.2, 0) is 6.18 Å². The summed E-state index contributed by atoms with van der Waals surface area (Å²) < 4.78 is 181. The molecule has 0 aromatic heterocycles. The first-order valence-electron chi connectivity index (χ1n) is 9.65. The second-order valence-corrected chi connectivity index (χ2v) is 7.45. The van der Waals surface area contributed by atoms with Gasteiger partial charge in [0.05, 0.1) is 19.8 Å². The van der Waals surface area contributed by atoms with Crippen LogP contribution < -0.4 is 9.47 Å². The number of fused-ring (bicyclic) bond motifs is 2. The predicted octanol–water partition coefficient (Wildman–Crippen LogP) is 7.95. The molecule has 0 atom stereocenters. The first-order valence-corrected chi connectivity index (χ1v) is 9.65. The summed E-state index contributed by atoms with van der Waals surface area (Å²) in [5.74, 6) is -23.8. The van der Waals surface area contributed by atoms with Gasteiger partial charge in [0.25, 0.3) is 0 Å². The average molecular weight is 544 g/mol. The Balaban J connectivity index is 2.50. The van der Waals surface area contributed by atoms with Crippen molar-refractivity contribution in [3.63, 3.8) is 0 Å². The standard InChI is InChI=1S/C23H8F12O2/c1-36-21-7(23(33,34)35)3-5-9(15(27)19(31)17(29)13(5)25)11(21)12-10-6(4-8(24)22(12)37-2)14(26)18(30)20(32)16(10)28/h3-4H,1-2H3. The highest BCUT2D eigenvalue weighted by atomic mass is 19.4. The third kappa shape index (κ3) is 3.60. The molecule has 0 aliphatic heterocycles. The summed E-state index contributed by atoms with van der Waals surface area (Å²) >= 11 is 0. The van der Waals surface area contributed by atoms with Crippen molar-refractivity contribution in [1.82, 2.24) is 0 Å². The van der Waals surface area contributed by atoms with E-state index in [1.54, 1.807) is 0 Å². The van der Waals surface area contributed by atoms with E-state index >= 15 is 8.78 Å². The fourth-order valence-electron chi connectivity index (χ4n) is 4.04. The van der Waals surface area contributed by atoms with E-state index in [0.717, 1.165) is 0 Å². The molecule has 0 saturated heterocycles. The lowest BCUT2D eigenvalue weighted by Crippen LogP contribution is -2.12. The minimum Gasteiger partial charge on any atom is -0.495 e. The van der Waals surface area contributed by atoms with E-state index in [2.05, 4.69) is 4.74 Å². The van der Waals surface area contributed by atoms with Crippen molar-refractivity contribution >= 4 is 21.5 Å². The summed E-state index contributed by atoms with van der Waals surface area (Å²) in [6, 6.07) is -0.0676. The molecule has 4 rings (SSSR count). The number of alkyl halides is 3. The second-order valence-electron chi connectivity index (χ2n) is 7.45.